The normalized spacial score (nSPS) is 10.6. The molecular formula is C20H23N3O4. The van der Waals surface area contributed by atoms with E-state index in [1.807, 2.05) is 48.0 Å². The maximum atomic E-state index is 6.07. The van der Waals surface area contributed by atoms with Gasteiger partial charge in [-0.25, -0.2) is 4.68 Å². The van der Waals surface area contributed by atoms with Gasteiger partial charge in [0.2, 0.25) is 5.75 Å². The van der Waals surface area contributed by atoms with Crippen molar-refractivity contribution < 1.29 is 18.9 Å². The van der Waals surface area contributed by atoms with Gasteiger partial charge in [-0.15, -0.1) is 0 Å². The van der Waals surface area contributed by atoms with Gasteiger partial charge in [-0.1, -0.05) is 0 Å². The second kappa shape index (κ2) is 7.49. The lowest BCUT2D eigenvalue weighted by Gasteiger charge is -2.15. The minimum atomic E-state index is 0.541. The first-order valence-corrected chi connectivity index (χ1v) is 8.33. The minimum absolute atomic E-state index is 0.541. The highest BCUT2D eigenvalue weighted by molar-refractivity contribution is 5.71. The molecule has 0 aliphatic carbocycles. The fourth-order valence-corrected chi connectivity index (χ4v) is 2.98. The van der Waals surface area contributed by atoms with Crippen molar-refractivity contribution in [1.29, 1.82) is 0 Å². The van der Waals surface area contributed by atoms with Gasteiger partial charge in [0.25, 0.3) is 0 Å². The molecule has 27 heavy (non-hydrogen) atoms. The molecule has 0 atom stereocenters. The summed E-state index contributed by atoms with van der Waals surface area (Å²) in [5.74, 6) is 2.31. The van der Waals surface area contributed by atoms with Crippen LogP contribution in [0.5, 0.6) is 23.0 Å². The molecule has 1 heterocycles. The maximum absolute atomic E-state index is 6.07. The summed E-state index contributed by atoms with van der Waals surface area (Å²) in [6, 6.07) is 11.3. The molecular weight excluding hydrogens is 346 g/mol. The summed E-state index contributed by atoms with van der Waals surface area (Å²) in [6.45, 7) is 1.94. The zero-order valence-electron chi connectivity index (χ0n) is 16.1. The smallest absolute Gasteiger partial charge is 0.203 e. The Morgan fingerprint density at radius 3 is 1.96 bits per heavy atom. The van der Waals surface area contributed by atoms with Gasteiger partial charge in [0.15, 0.2) is 11.5 Å². The highest BCUT2D eigenvalue weighted by atomic mass is 16.5. The van der Waals surface area contributed by atoms with Gasteiger partial charge in [-0.2, -0.15) is 5.10 Å². The summed E-state index contributed by atoms with van der Waals surface area (Å²) in [7, 11) is 6.35. The SMILES string of the molecule is COc1ccc(-n2nc(C)cc2-c2cc(OC)c(OC)c(OC)c2)cc1N. The molecule has 0 spiro atoms. The molecule has 0 saturated heterocycles. The second-order valence-corrected chi connectivity index (χ2v) is 5.92. The molecule has 3 aromatic rings. The highest BCUT2D eigenvalue weighted by Gasteiger charge is 2.18. The number of nitrogens with two attached hydrogens (primary N) is 1. The molecule has 2 aromatic carbocycles. The van der Waals surface area contributed by atoms with Crippen molar-refractivity contribution in [2.75, 3.05) is 34.2 Å². The lowest BCUT2D eigenvalue weighted by atomic mass is 10.1. The summed E-state index contributed by atoms with van der Waals surface area (Å²) < 4.78 is 23.4. The molecule has 1 aromatic heterocycles. The van der Waals surface area contributed by atoms with Gasteiger partial charge in [-0.3, -0.25) is 0 Å². The minimum Gasteiger partial charge on any atom is -0.495 e. The van der Waals surface area contributed by atoms with Gasteiger partial charge in [0.05, 0.1) is 51.2 Å². The highest BCUT2D eigenvalue weighted by Crippen LogP contribution is 2.41. The Morgan fingerprint density at radius 2 is 1.44 bits per heavy atom. The quantitative estimate of drug-likeness (QED) is 0.670. The van der Waals surface area contributed by atoms with Crippen molar-refractivity contribution in [3.05, 3.63) is 42.1 Å². The molecule has 0 fully saturated rings. The van der Waals surface area contributed by atoms with E-state index in [2.05, 4.69) is 5.10 Å². The van der Waals surface area contributed by atoms with E-state index in [1.54, 1.807) is 28.4 Å². The molecule has 0 amide bonds. The number of aromatic nitrogens is 2. The van der Waals surface area contributed by atoms with Gasteiger partial charge in [0, 0.05) is 5.56 Å². The van der Waals surface area contributed by atoms with E-state index in [0.717, 1.165) is 22.6 Å². The number of hydrogen-bond donors (Lipinski definition) is 1. The van der Waals surface area contributed by atoms with Crippen LogP contribution >= 0.6 is 0 Å². The van der Waals surface area contributed by atoms with Crippen LogP contribution in [-0.2, 0) is 0 Å². The first-order valence-electron chi connectivity index (χ1n) is 8.33. The van der Waals surface area contributed by atoms with E-state index in [1.165, 1.54) is 0 Å². The van der Waals surface area contributed by atoms with E-state index in [9.17, 15) is 0 Å². The van der Waals surface area contributed by atoms with Crippen LogP contribution in [0.1, 0.15) is 5.69 Å². The second-order valence-electron chi connectivity index (χ2n) is 5.92. The number of methoxy groups -OCH3 is 4. The Morgan fingerprint density at radius 1 is 0.815 bits per heavy atom. The third kappa shape index (κ3) is 3.36. The van der Waals surface area contributed by atoms with E-state index in [0.29, 0.717) is 28.7 Å². The summed E-state index contributed by atoms with van der Waals surface area (Å²) in [5, 5.41) is 4.61. The van der Waals surface area contributed by atoms with Crippen LogP contribution in [-0.4, -0.2) is 38.2 Å². The molecule has 0 unspecified atom stereocenters. The van der Waals surface area contributed by atoms with Gasteiger partial charge in [0.1, 0.15) is 5.75 Å². The molecule has 2 N–H and O–H groups in total. The summed E-state index contributed by atoms with van der Waals surface area (Å²) in [4.78, 5) is 0. The zero-order valence-corrected chi connectivity index (χ0v) is 16.1. The number of nitrogen functional groups attached to an aromatic ring is 1. The molecule has 3 rings (SSSR count). The van der Waals surface area contributed by atoms with Gasteiger partial charge >= 0.3 is 0 Å². The molecule has 7 nitrogen and oxygen atoms in total. The van der Waals surface area contributed by atoms with E-state index in [4.69, 9.17) is 24.7 Å². The Kier molecular flexibility index (Phi) is 5.12. The standard InChI is InChI=1S/C20H23N3O4/c1-12-8-16(13-9-18(25-3)20(27-5)19(10-13)26-4)23(22-12)14-6-7-17(24-2)15(21)11-14/h6-11H,21H2,1-5H3. The Hall–Kier alpha value is -3.35. The monoisotopic (exact) mass is 369 g/mol. The third-order valence-electron chi connectivity index (χ3n) is 4.25. The average Bonchev–Trinajstić information content (AvgIpc) is 3.08. The van der Waals surface area contributed by atoms with Crippen molar-refractivity contribution >= 4 is 5.69 Å². The summed E-state index contributed by atoms with van der Waals surface area (Å²) >= 11 is 0. The van der Waals surface area contributed by atoms with E-state index >= 15 is 0 Å². The first kappa shape index (κ1) is 18.4. The van der Waals surface area contributed by atoms with Crippen LogP contribution in [0, 0.1) is 6.92 Å². The van der Waals surface area contributed by atoms with Crippen molar-refractivity contribution in [3.63, 3.8) is 0 Å². The number of anilines is 1. The van der Waals surface area contributed by atoms with Crippen molar-refractivity contribution in [3.8, 4) is 39.9 Å². The lowest BCUT2D eigenvalue weighted by Crippen LogP contribution is -2.02. The Balaban J connectivity index is 2.18. The molecule has 0 aliphatic heterocycles. The van der Waals surface area contributed by atoms with E-state index < -0.39 is 0 Å². The average molecular weight is 369 g/mol. The molecule has 0 radical (unpaired) electrons. The van der Waals surface area contributed by atoms with Crippen LogP contribution in [0.25, 0.3) is 16.9 Å². The van der Waals surface area contributed by atoms with E-state index in [-0.39, 0.29) is 0 Å². The summed E-state index contributed by atoms with van der Waals surface area (Å²) in [5.41, 5.74) is 10.1. The first-order chi connectivity index (χ1) is 13.0. The fourth-order valence-electron chi connectivity index (χ4n) is 2.98. The van der Waals surface area contributed by atoms with Crippen molar-refractivity contribution in [1.82, 2.24) is 9.78 Å². The Labute approximate surface area is 158 Å². The van der Waals surface area contributed by atoms with Crippen LogP contribution in [0.4, 0.5) is 5.69 Å². The number of hydrogen-bond acceptors (Lipinski definition) is 6. The topological polar surface area (TPSA) is 80.8 Å². The van der Waals surface area contributed by atoms with Crippen LogP contribution in [0.3, 0.4) is 0 Å². The molecule has 0 aliphatic rings. The number of rotatable bonds is 6. The fraction of sp³-hybridized carbons (Fsp3) is 0.250. The molecule has 7 heteroatoms. The molecule has 0 saturated carbocycles. The molecule has 0 bridgehead atoms. The number of ether oxygens (including phenoxy) is 4. The Bertz CT molecular complexity index is 941. The zero-order chi connectivity index (χ0) is 19.6. The van der Waals surface area contributed by atoms with Crippen molar-refractivity contribution in [2.45, 2.75) is 6.92 Å². The number of aryl methyl sites for hydroxylation is 1. The van der Waals surface area contributed by atoms with Crippen LogP contribution in [0.15, 0.2) is 36.4 Å². The number of benzene rings is 2. The van der Waals surface area contributed by atoms with Gasteiger partial charge in [-0.05, 0) is 43.3 Å². The maximum Gasteiger partial charge on any atom is 0.203 e. The third-order valence-corrected chi connectivity index (χ3v) is 4.25. The van der Waals surface area contributed by atoms with Crippen molar-refractivity contribution in [2.24, 2.45) is 0 Å². The number of nitrogens with zero attached hydrogens (tertiary/aromatic N) is 2. The van der Waals surface area contributed by atoms with Crippen LogP contribution in [0.2, 0.25) is 0 Å². The summed E-state index contributed by atoms with van der Waals surface area (Å²) in [6.07, 6.45) is 0. The van der Waals surface area contributed by atoms with Crippen LogP contribution < -0.4 is 24.7 Å². The lowest BCUT2D eigenvalue weighted by molar-refractivity contribution is 0.324. The predicted molar refractivity (Wildman–Crippen MR) is 104 cm³/mol. The largest absolute Gasteiger partial charge is 0.495 e. The molecule has 142 valence electrons. The predicted octanol–water partition coefficient (Wildman–Crippen LogP) is 3.46. The van der Waals surface area contributed by atoms with Gasteiger partial charge < -0.3 is 24.7 Å².